The lowest BCUT2D eigenvalue weighted by molar-refractivity contribution is 0.102. The van der Waals surface area contributed by atoms with Crippen LogP contribution in [0.15, 0.2) is 84.9 Å². The van der Waals surface area contributed by atoms with E-state index in [-0.39, 0.29) is 17.5 Å². The predicted molar refractivity (Wildman–Crippen MR) is 216 cm³/mol. The molecular weight excluding hydrogens is 872 g/mol. The van der Waals surface area contributed by atoms with Crippen molar-refractivity contribution in [3.63, 3.8) is 0 Å². The molecule has 0 radical (unpaired) electrons. The molecule has 230 valence electrons. The van der Waals surface area contributed by atoms with E-state index in [1.54, 1.807) is 60.7 Å². The first kappa shape index (κ1) is 33.2. The average Bonchev–Trinajstić information content (AvgIpc) is 3.73. The molecule has 2 atom stereocenters. The molecule has 0 aliphatic carbocycles. The number of rotatable bonds is 7. The Morgan fingerprint density at radius 2 is 1.33 bits per heavy atom. The Labute approximate surface area is 310 Å². The topological polar surface area (TPSA) is 65.7 Å². The van der Waals surface area contributed by atoms with Crippen LogP contribution in [0.4, 0.5) is 0 Å². The highest BCUT2D eigenvalue weighted by Crippen LogP contribution is 2.36. The quantitative estimate of drug-likeness (QED) is 0.0740. The van der Waals surface area contributed by atoms with Crippen LogP contribution >= 0.6 is 53.4 Å². The lowest BCUT2D eigenvalue weighted by Crippen LogP contribution is -2.11. The molecule has 2 aromatic heterocycles. The molecule has 0 aliphatic heterocycles. The van der Waals surface area contributed by atoms with Crippen LogP contribution in [0.5, 0.6) is 0 Å². The minimum atomic E-state index is -2.41. The van der Waals surface area contributed by atoms with E-state index in [9.17, 15) is 9.59 Å². The molecule has 0 fully saturated rings. The third-order valence-electron chi connectivity index (χ3n) is 7.28. The van der Waals surface area contributed by atoms with E-state index in [4.69, 9.17) is 14.5 Å². The second-order valence-corrected chi connectivity index (χ2v) is 21.2. The Kier molecular flexibility index (Phi) is 12.2. The van der Waals surface area contributed by atoms with Crippen molar-refractivity contribution in [3.8, 4) is 23.9 Å². The number of ketones is 2. The van der Waals surface area contributed by atoms with Crippen LogP contribution in [0.1, 0.15) is 84.2 Å². The van der Waals surface area contributed by atoms with Gasteiger partial charge in [-0.25, -0.2) is 0 Å². The minimum Gasteiger partial charge on any atom is -0.355 e. The van der Waals surface area contributed by atoms with E-state index in [1.165, 1.54) is 0 Å². The van der Waals surface area contributed by atoms with Gasteiger partial charge in [0.2, 0.25) is 11.6 Å². The standard InChI is InChI=1S/C36H28IN2O2PS.IPS/c1-5-25-6-10-27(11-7-25)35(40)31-16-14-29(38-31)34(33-23(3)20-22(2)21-24(33)4)30-15-17-32(39-30)36(41)28-12-8-26(9-13-28)18-19-42(37)43;1-2-3/h1,6-17,20-21,34,38-39,42H,2-4H3;/i1T,42T;. The van der Waals surface area contributed by atoms with Gasteiger partial charge in [0.1, 0.15) is 1.37 Å². The number of terminal acetylenes is 1. The largest absolute Gasteiger partial charge is 0.355 e. The molecular formula is C36H28I2N2O2P2S2. The summed E-state index contributed by atoms with van der Waals surface area (Å²) >= 11 is 13.4. The van der Waals surface area contributed by atoms with E-state index in [1.807, 2.05) is 34.2 Å². The number of hydrogen-bond donors (Lipinski definition) is 2. The summed E-state index contributed by atoms with van der Waals surface area (Å²) in [7, 11) is 0. The van der Waals surface area contributed by atoms with Gasteiger partial charge in [-0.3, -0.25) is 9.59 Å². The second kappa shape index (κ2) is 16.9. The Morgan fingerprint density at radius 3 is 1.76 bits per heavy atom. The van der Waals surface area contributed by atoms with Gasteiger partial charge < -0.3 is 9.97 Å². The number of aromatic amines is 2. The molecule has 2 heterocycles. The average molecular weight is 905 g/mol. The molecule has 0 saturated carbocycles. The van der Waals surface area contributed by atoms with E-state index in [0.29, 0.717) is 33.6 Å². The van der Waals surface area contributed by atoms with Gasteiger partial charge in [0.25, 0.3) is 0 Å². The summed E-state index contributed by atoms with van der Waals surface area (Å²) in [6.45, 7) is 6.22. The van der Waals surface area contributed by atoms with Crippen molar-refractivity contribution in [2.24, 2.45) is 0 Å². The van der Waals surface area contributed by atoms with Crippen molar-refractivity contribution < 1.29 is 11.0 Å². The van der Waals surface area contributed by atoms with E-state index in [2.05, 4.69) is 101 Å². The fraction of sp³-hybridized carbons (Fsp3) is 0.111. The summed E-state index contributed by atoms with van der Waals surface area (Å²) in [4.78, 5) is 34.6. The van der Waals surface area contributed by atoms with Crippen LogP contribution in [-0.2, 0) is 23.6 Å². The summed E-state index contributed by atoms with van der Waals surface area (Å²) in [5.41, 5.74) is 12.2. The number of hydrogen-bond acceptors (Lipinski definition) is 4. The third kappa shape index (κ3) is 9.01. The van der Waals surface area contributed by atoms with Crippen molar-refractivity contribution >= 4 is 88.5 Å². The summed E-state index contributed by atoms with van der Waals surface area (Å²) in [6.07, 6.45) is 2.12. The fourth-order valence-electron chi connectivity index (χ4n) is 5.38. The molecule has 0 amide bonds. The molecule has 2 N–H and O–H groups in total. The lowest BCUT2D eigenvalue weighted by atomic mass is 9.85. The highest BCUT2D eigenvalue weighted by Gasteiger charge is 2.26. The molecule has 46 heavy (non-hydrogen) atoms. The summed E-state index contributed by atoms with van der Waals surface area (Å²) in [5.74, 6) is 5.00. The van der Waals surface area contributed by atoms with Crippen molar-refractivity contribution in [2.45, 2.75) is 26.7 Å². The highest BCUT2D eigenvalue weighted by atomic mass is 127. The monoisotopic (exact) mass is 904 g/mol. The van der Waals surface area contributed by atoms with Gasteiger partial charge in [0.05, 0.1) is 22.9 Å². The van der Waals surface area contributed by atoms with Crippen LogP contribution in [-0.4, -0.2) is 22.8 Å². The number of halogens is 2. The molecule has 0 aliphatic rings. The third-order valence-corrected chi connectivity index (χ3v) is 8.57. The zero-order valence-corrected chi connectivity index (χ0v) is 32.7. The van der Waals surface area contributed by atoms with Gasteiger partial charge in [-0.2, -0.15) is 0 Å². The molecule has 3 aromatic carbocycles. The van der Waals surface area contributed by atoms with E-state index in [0.717, 1.165) is 38.6 Å². The number of carbonyl (C=O) groups is 2. The van der Waals surface area contributed by atoms with Crippen LogP contribution in [0.3, 0.4) is 0 Å². The SMILES string of the molecule is S=PI.[3H]C#Cc1ccc(C(=O)c2ccc(C(c3ccc(C(=O)c4ccc(C#CP([3H])(=S)I)cc4)[nH]3)c3c(C)cc(C)cc3C)[nH]2)cc1. The first-order valence-electron chi connectivity index (χ1n) is 14.8. The van der Waals surface area contributed by atoms with Crippen molar-refractivity contribution in [1.82, 2.24) is 9.97 Å². The van der Waals surface area contributed by atoms with E-state index < -0.39 is 4.28 Å². The van der Waals surface area contributed by atoms with Gasteiger partial charge in [0, 0.05) is 38.6 Å². The maximum Gasteiger partial charge on any atom is 0.209 e. The van der Waals surface area contributed by atoms with E-state index >= 15 is 0 Å². The number of H-pyrrole nitrogens is 2. The van der Waals surface area contributed by atoms with Gasteiger partial charge in [-0.15, -0.1) is 6.40 Å². The number of benzene rings is 3. The number of nitrogens with one attached hydrogen (secondary N) is 2. The normalized spacial score (nSPS) is 12.9. The lowest BCUT2D eigenvalue weighted by Gasteiger charge is -2.21. The van der Waals surface area contributed by atoms with Gasteiger partial charge >= 0.3 is 0 Å². The Balaban J connectivity index is 0.00000167. The van der Waals surface area contributed by atoms with Gasteiger partial charge in [0.15, 0.2) is 0 Å². The smallest absolute Gasteiger partial charge is 0.209 e. The minimum absolute atomic E-state index is 0.153. The molecule has 2 unspecified atom stereocenters. The Morgan fingerprint density at radius 1 is 0.870 bits per heavy atom. The first-order valence-corrected chi connectivity index (χ1v) is 23.7. The summed E-state index contributed by atoms with van der Waals surface area (Å²) in [5, 5.41) is 0. The maximum atomic E-state index is 13.5. The maximum absolute atomic E-state index is 13.5. The molecule has 4 nitrogen and oxygen atoms in total. The van der Waals surface area contributed by atoms with Crippen LogP contribution in [0, 0.1) is 44.7 Å². The molecule has 10 heteroatoms. The number of aryl methyl sites for hydroxylation is 3. The second-order valence-electron chi connectivity index (χ2n) is 10.4. The number of aromatic nitrogens is 2. The van der Waals surface area contributed by atoms with Crippen LogP contribution < -0.4 is 0 Å². The Bertz CT molecular complexity index is 2150. The zero-order valence-electron chi connectivity index (χ0n) is 26.9. The first-order chi connectivity index (χ1) is 22.8. The van der Waals surface area contributed by atoms with Gasteiger partial charge in [-0.1, -0.05) is 47.0 Å². The summed E-state index contributed by atoms with van der Waals surface area (Å²) in [6, 6.07) is 25.6. The van der Waals surface area contributed by atoms with Crippen LogP contribution in [0.25, 0.3) is 0 Å². The molecule has 0 bridgehead atoms. The van der Waals surface area contributed by atoms with Crippen molar-refractivity contribution in [3.05, 3.63) is 152 Å². The molecule has 0 saturated heterocycles. The zero-order chi connectivity index (χ0) is 35.0. The fourth-order valence-corrected chi connectivity index (χ4v) is 6.10. The predicted octanol–water partition coefficient (Wildman–Crippen LogP) is 9.97. The van der Waals surface area contributed by atoms with Crippen molar-refractivity contribution in [2.75, 3.05) is 0 Å². The highest BCUT2D eigenvalue weighted by molar-refractivity contribution is 14.2. The summed E-state index contributed by atoms with van der Waals surface area (Å²) < 4.78 is 12.5. The van der Waals surface area contributed by atoms with Crippen LogP contribution in [0.2, 0.25) is 0 Å². The molecule has 5 aromatic rings. The molecule has 0 spiro atoms. The Hall–Kier alpha value is -2.69. The van der Waals surface area contributed by atoms with Crippen molar-refractivity contribution in [1.29, 1.82) is 1.28 Å². The van der Waals surface area contributed by atoms with Gasteiger partial charge in [-0.05, 0) is 166 Å². The molecule has 5 rings (SSSR count). The number of carbonyl (C=O) groups excluding carboxylic acids is 2.